The van der Waals surface area contributed by atoms with Crippen molar-refractivity contribution < 1.29 is 9.13 Å². The van der Waals surface area contributed by atoms with Crippen molar-refractivity contribution in [2.45, 2.75) is 6.92 Å². The molecule has 0 saturated heterocycles. The van der Waals surface area contributed by atoms with Crippen molar-refractivity contribution in [3.63, 3.8) is 0 Å². The number of hydrogen-bond acceptors (Lipinski definition) is 6. The van der Waals surface area contributed by atoms with Gasteiger partial charge in [0.15, 0.2) is 11.6 Å². The normalized spacial score (nSPS) is 11.1. The number of aryl methyl sites for hydroxylation is 1. The summed E-state index contributed by atoms with van der Waals surface area (Å²) >= 11 is 3.64. The van der Waals surface area contributed by atoms with Gasteiger partial charge in [-0.05, 0) is 58.7 Å². The van der Waals surface area contributed by atoms with E-state index in [-0.39, 0.29) is 11.8 Å². The first-order valence-corrected chi connectivity index (χ1v) is 10.4. The minimum absolute atomic E-state index is 0.0177. The smallest absolute Gasteiger partial charge is 0.322 e. The fourth-order valence-corrected chi connectivity index (χ4v) is 4.07. The Kier molecular flexibility index (Phi) is 5.02. The monoisotopic (exact) mass is 489 g/mol. The van der Waals surface area contributed by atoms with Gasteiger partial charge in [0.2, 0.25) is 0 Å². The van der Waals surface area contributed by atoms with Gasteiger partial charge in [-0.2, -0.15) is 0 Å². The number of nitrogens with two attached hydrogens (primary N) is 1. The van der Waals surface area contributed by atoms with Gasteiger partial charge in [-0.3, -0.25) is 0 Å². The Balaban J connectivity index is 1.65. The van der Waals surface area contributed by atoms with Crippen molar-refractivity contribution in [3.05, 3.63) is 83.2 Å². The van der Waals surface area contributed by atoms with E-state index in [9.17, 15) is 0 Å². The number of rotatable bonds is 4. The Bertz CT molecular complexity index is 1450. The topological polar surface area (TPSA) is 91.7 Å². The second-order valence-electron chi connectivity index (χ2n) is 7.00. The summed E-state index contributed by atoms with van der Waals surface area (Å²) in [5.41, 5.74) is 10.7. The van der Waals surface area contributed by atoms with Crippen LogP contribution in [0.4, 0.5) is 10.1 Å². The summed E-state index contributed by atoms with van der Waals surface area (Å²) in [5, 5.41) is 0. The quantitative estimate of drug-likeness (QED) is 0.346. The summed E-state index contributed by atoms with van der Waals surface area (Å²) in [5.74, 6) is -0.546. The van der Waals surface area contributed by atoms with Gasteiger partial charge in [-0.25, -0.2) is 24.3 Å². The van der Waals surface area contributed by atoms with Crippen molar-refractivity contribution in [2.75, 3.05) is 5.73 Å². The molecule has 157 valence electrons. The van der Waals surface area contributed by atoms with Gasteiger partial charge in [-0.15, -0.1) is 0 Å². The van der Waals surface area contributed by atoms with E-state index in [1.54, 1.807) is 37.4 Å². The lowest BCUT2D eigenvalue weighted by atomic mass is 10.1. The molecule has 1 radical (unpaired) electrons. The summed E-state index contributed by atoms with van der Waals surface area (Å²) in [4.78, 5) is 16.6. The Hall–Kier alpha value is -3.85. The predicted molar refractivity (Wildman–Crippen MR) is 122 cm³/mol. The molecule has 0 aliphatic rings. The highest BCUT2D eigenvalue weighted by Gasteiger charge is 2.21. The Morgan fingerprint density at radius 2 is 1.91 bits per heavy atom. The number of anilines is 1. The third-order valence-electron chi connectivity index (χ3n) is 4.83. The fourth-order valence-electron chi connectivity index (χ4n) is 3.37. The zero-order valence-corrected chi connectivity index (χ0v) is 18.3. The fraction of sp³-hybridized carbons (Fsp3) is 0.0435. The summed E-state index contributed by atoms with van der Waals surface area (Å²) < 4.78 is 23.2. The van der Waals surface area contributed by atoms with Crippen LogP contribution in [0, 0.1) is 18.9 Å². The third kappa shape index (κ3) is 3.56. The van der Waals surface area contributed by atoms with E-state index >= 15 is 4.39 Å². The molecule has 3 aromatic heterocycles. The van der Waals surface area contributed by atoms with E-state index in [1.165, 1.54) is 18.5 Å². The van der Waals surface area contributed by atoms with Gasteiger partial charge in [0.25, 0.3) is 0 Å². The highest BCUT2D eigenvalue weighted by atomic mass is 79.9. The number of halogens is 2. The van der Waals surface area contributed by atoms with E-state index in [2.05, 4.69) is 42.1 Å². The van der Waals surface area contributed by atoms with Crippen LogP contribution in [-0.2, 0) is 0 Å². The molecule has 0 bridgehead atoms. The van der Waals surface area contributed by atoms with Gasteiger partial charge in [-0.1, -0.05) is 12.1 Å². The minimum atomic E-state index is -0.564. The molecule has 0 atom stereocenters. The Morgan fingerprint density at radius 1 is 1.09 bits per heavy atom. The van der Waals surface area contributed by atoms with Crippen LogP contribution in [0.1, 0.15) is 5.69 Å². The molecule has 5 rings (SSSR count). The van der Waals surface area contributed by atoms with Crippen molar-refractivity contribution in [2.24, 2.45) is 0 Å². The van der Waals surface area contributed by atoms with Gasteiger partial charge < -0.3 is 15.0 Å². The van der Waals surface area contributed by atoms with Gasteiger partial charge in [0.05, 0.1) is 10.2 Å². The zero-order valence-electron chi connectivity index (χ0n) is 16.8. The SMILES string of the molecule is Cc1ccnc(Oc2ccc(-n3c(-c4ccc(N)cc4)c(Br)c4ncn[c]c43)cc2F)n1. The maximum absolute atomic E-state index is 15.1. The molecule has 9 heteroatoms. The number of ether oxygens (including phenoxy) is 1. The largest absolute Gasteiger partial charge is 0.421 e. The molecule has 0 fully saturated rings. The number of aromatic nitrogens is 5. The Morgan fingerprint density at radius 3 is 2.66 bits per heavy atom. The van der Waals surface area contributed by atoms with Gasteiger partial charge in [0.1, 0.15) is 23.6 Å². The van der Waals surface area contributed by atoms with Crippen LogP contribution in [-0.4, -0.2) is 24.5 Å². The van der Waals surface area contributed by atoms with E-state index in [0.717, 1.165) is 21.4 Å². The van der Waals surface area contributed by atoms with Crippen molar-refractivity contribution >= 4 is 32.7 Å². The first-order valence-electron chi connectivity index (χ1n) is 9.57. The molecule has 0 aliphatic heterocycles. The number of hydrogen-bond donors (Lipinski definition) is 1. The standard InChI is InChI=1S/C23H15BrFN6O/c1-13-8-9-28-23(30-13)32-19-7-6-16(10-17(19)25)31-18-11-27-12-29-21(18)20(24)22(31)14-2-4-15(26)5-3-14/h2-10,12H,26H2,1H3. The summed E-state index contributed by atoms with van der Waals surface area (Å²) in [6, 6.07) is 13.8. The lowest BCUT2D eigenvalue weighted by molar-refractivity contribution is 0.410. The molecule has 5 aromatic rings. The molecule has 32 heavy (non-hydrogen) atoms. The molecule has 7 nitrogen and oxygen atoms in total. The highest BCUT2D eigenvalue weighted by Crippen LogP contribution is 2.39. The van der Waals surface area contributed by atoms with Crippen molar-refractivity contribution in [1.82, 2.24) is 24.5 Å². The van der Waals surface area contributed by atoms with Crippen LogP contribution in [0.25, 0.3) is 28.0 Å². The predicted octanol–water partition coefficient (Wildman–Crippen LogP) is 5.26. The molecule has 0 aliphatic carbocycles. The van der Waals surface area contributed by atoms with Gasteiger partial charge in [0, 0.05) is 29.3 Å². The molecule has 2 N–H and O–H groups in total. The molecule has 3 heterocycles. The van der Waals surface area contributed by atoms with E-state index in [4.69, 9.17) is 10.5 Å². The zero-order chi connectivity index (χ0) is 22.2. The molecular formula is C23H15BrFN6O. The first kappa shape index (κ1) is 20.1. The van der Waals surface area contributed by atoms with Crippen LogP contribution in [0.5, 0.6) is 11.8 Å². The molecule has 0 saturated carbocycles. The van der Waals surface area contributed by atoms with Crippen LogP contribution in [0.2, 0.25) is 0 Å². The van der Waals surface area contributed by atoms with Crippen molar-refractivity contribution in [3.8, 4) is 28.7 Å². The summed E-state index contributed by atoms with van der Waals surface area (Å²) in [6.07, 6.45) is 5.94. The number of benzene rings is 2. The van der Waals surface area contributed by atoms with Crippen LogP contribution < -0.4 is 10.5 Å². The second-order valence-corrected chi connectivity index (χ2v) is 7.79. The Labute approximate surface area is 190 Å². The summed E-state index contributed by atoms with van der Waals surface area (Å²) in [7, 11) is 0. The second kappa shape index (κ2) is 8.01. The number of nitrogens with zero attached hydrogens (tertiary/aromatic N) is 5. The van der Waals surface area contributed by atoms with E-state index < -0.39 is 5.82 Å². The molecular weight excluding hydrogens is 475 g/mol. The number of nitrogen functional groups attached to an aromatic ring is 1. The molecule has 0 spiro atoms. The molecule has 0 unspecified atom stereocenters. The minimum Gasteiger partial charge on any atom is -0.421 e. The first-order chi connectivity index (χ1) is 15.5. The average molecular weight is 490 g/mol. The average Bonchev–Trinajstić information content (AvgIpc) is 3.08. The van der Waals surface area contributed by atoms with Crippen LogP contribution in [0.3, 0.4) is 0 Å². The third-order valence-corrected chi connectivity index (χ3v) is 5.59. The lowest BCUT2D eigenvalue weighted by Crippen LogP contribution is -2.00. The lowest BCUT2D eigenvalue weighted by Gasteiger charge is -2.13. The highest BCUT2D eigenvalue weighted by molar-refractivity contribution is 9.10. The van der Waals surface area contributed by atoms with Gasteiger partial charge >= 0.3 is 6.01 Å². The van der Waals surface area contributed by atoms with Crippen LogP contribution in [0.15, 0.2) is 65.5 Å². The van der Waals surface area contributed by atoms with Crippen molar-refractivity contribution in [1.29, 1.82) is 0 Å². The number of fused-ring (bicyclic) bond motifs is 1. The van der Waals surface area contributed by atoms with Crippen LogP contribution >= 0.6 is 15.9 Å². The molecule has 0 amide bonds. The summed E-state index contributed by atoms with van der Waals surface area (Å²) in [6.45, 7) is 1.81. The maximum Gasteiger partial charge on any atom is 0.322 e. The van der Waals surface area contributed by atoms with E-state index in [0.29, 0.717) is 22.4 Å². The maximum atomic E-state index is 15.1. The molecule has 2 aromatic carbocycles. The van der Waals surface area contributed by atoms with E-state index in [1.807, 2.05) is 16.7 Å².